The molecule has 0 radical (unpaired) electrons. The first-order chi connectivity index (χ1) is 11.2. The maximum Gasteiger partial charge on any atom is 0.238 e. The molecule has 5 heteroatoms. The zero-order valence-corrected chi connectivity index (χ0v) is 14.8. The van der Waals surface area contributed by atoms with E-state index in [1.807, 2.05) is 12.1 Å². The van der Waals surface area contributed by atoms with Crippen molar-refractivity contribution in [2.75, 3.05) is 5.43 Å². The van der Waals surface area contributed by atoms with Crippen LogP contribution in [-0.4, -0.2) is 15.6 Å². The fraction of sp³-hybridized carbons (Fsp3) is 0.500. The van der Waals surface area contributed by atoms with E-state index in [0.29, 0.717) is 16.7 Å². The number of aromatic nitrogens is 2. The molecule has 2 aromatic rings. The molecule has 0 aliphatic heterocycles. The maximum absolute atomic E-state index is 12.2. The average Bonchev–Trinajstić information content (AvgIpc) is 2.57. The van der Waals surface area contributed by atoms with E-state index in [1.165, 1.54) is 19.3 Å². The third kappa shape index (κ3) is 4.61. The van der Waals surface area contributed by atoms with Crippen LogP contribution in [0.1, 0.15) is 57.9 Å². The van der Waals surface area contributed by atoms with Crippen molar-refractivity contribution in [3.8, 4) is 0 Å². The predicted octanol–water partition coefficient (Wildman–Crippen LogP) is 4.76. The van der Waals surface area contributed by atoms with Crippen molar-refractivity contribution in [2.45, 2.75) is 58.8 Å². The molecule has 23 heavy (non-hydrogen) atoms. The fourth-order valence-electron chi connectivity index (χ4n) is 2.62. The van der Waals surface area contributed by atoms with Crippen LogP contribution in [-0.2, 0) is 11.2 Å². The number of carbonyl (C=O) groups is 1. The first-order valence-corrected chi connectivity index (χ1v) is 8.87. The Labute approximate surface area is 142 Å². The van der Waals surface area contributed by atoms with Crippen LogP contribution in [0.15, 0.2) is 24.4 Å². The van der Waals surface area contributed by atoms with E-state index in [9.17, 15) is 4.79 Å². The van der Waals surface area contributed by atoms with Crippen LogP contribution in [0.25, 0.3) is 11.0 Å². The average molecular weight is 331 g/mol. The highest BCUT2D eigenvalue weighted by molar-refractivity contribution is 7.71. The Morgan fingerprint density at radius 2 is 2.04 bits per heavy atom. The molecule has 0 aromatic carbocycles. The van der Waals surface area contributed by atoms with Crippen molar-refractivity contribution in [1.82, 2.24) is 9.66 Å². The Kier molecular flexibility index (Phi) is 6.71. The number of nitrogens with zero attached hydrogens (tertiary/aromatic N) is 2. The lowest BCUT2D eigenvalue weighted by Crippen LogP contribution is -2.25. The monoisotopic (exact) mass is 331 g/mol. The van der Waals surface area contributed by atoms with Crippen molar-refractivity contribution in [1.29, 1.82) is 0 Å². The summed E-state index contributed by atoms with van der Waals surface area (Å²) in [6.45, 7) is 4.25. The second-order valence-corrected chi connectivity index (χ2v) is 6.17. The summed E-state index contributed by atoms with van der Waals surface area (Å²) in [5.74, 6) is -0.00203. The summed E-state index contributed by atoms with van der Waals surface area (Å²) in [5.41, 5.74) is 4.68. The molecule has 2 rings (SSSR count). The highest BCUT2D eigenvalue weighted by atomic mass is 32.1. The number of amides is 1. The molecule has 2 aromatic heterocycles. The van der Waals surface area contributed by atoms with E-state index in [1.54, 1.807) is 10.9 Å². The van der Waals surface area contributed by atoms with Crippen LogP contribution >= 0.6 is 12.2 Å². The van der Waals surface area contributed by atoms with Crippen LogP contribution in [0.5, 0.6) is 0 Å². The minimum atomic E-state index is -0.00203. The number of aryl methyl sites for hydroxylation is 1. The Bertz CT molecular complexity index is 724. The lowest BCUT2D eigenvalue weighted by molar-refractivity contribution is -0.117. The van der Waals surface area contributed by atoms with Gasteiger partial charge in [0.1, 0.15) is 4.64 Å². The molecule has 1 N–H and O–H groups in total. The predicted molar refractivity (Wildman–Crippen MR) is 97.7 cm³/mol. The van der Waals surface area contributed by atoms with Gasteiger partial charge in [-0.1, -0.05) is 51.7 Å². The smallest absolute Gasteiger partial charge is 0.238 e. The van der Waals surface area contributed by atoms with Gasteiger partial charge in [-0.15, -0.1) is 0 Å². The van der Waals surface area contributed by atoms with E-state index in [4.69, 9.17) is 12.2 Å². The minimum Gasteiger partial charge on any atom is -0.273 e. The molecule has 0 unspecified atom stereocenters. The van der Waals surface area contributed by atoms with Crippen LogP contribution in [0.2, 0.25) is 0 Å². The molecule has 4 nitrogen and oxygen atoms in total. The molecule has 0 aliphatic carbocycles. The Morgan fingerprint density at radius 1 is 1.26 bits per heavy atom. The standard InChI is InChI=1S/C18H25N3OS/c1-3-5-6-7-8-11-16(22)20-21-17-15(10-9-12-19-17)13-14(4-2)18(21)23/h9-10,12-13H,3-8,11H2,1-2H3,(H,20,22). The van der Waals surface area contributed by atoms with Gasteiger partial charge in [0, 0.05) is 18.0 Å². The van der Waals surface area contributed by atoms with Crippen molar-refractivity contribution in [3.05, 3.63) is 34.6 Å². The third-order valence-electron chi connectivity index (χ3n) is 3.96. The van der Waals surface area contributed by atoms with Crippen LogP contribution in [0, 0.1) is 4.64 Å². The van der Waals surface area contributed by atoms with Gasteiger partial charge in [-0.25, -0.2) is 9.66 Å². The Hall–Kier alpha value is -1.75. The van der Waals surface area contributed by atoms with Gasteiger partial charge >= 0.3 is 0 Å². The molecule has 0 saturated heterocycles. The van der Waals surface area contributed by atoms with Gasteiger partial charge in [-0.3, -0.25) is 10.2 Å². The summed E-state index contributed by atoms with van der Waals surface area (Å²) in [4.78, 5) is 16.6. The number of hydrogen-bond acceptors (Lipinski definition) is 3. The molecular formula is C18H25N3OS. The number of fused-ring (bicyclic) bond motifs is 1. The number of hydrogen-bond donors (Lipinski definition) is 1. The Balaban J connectivity index is 2.14. The largest absolute Gasteiger partial charge is 0.273 e. The van der Waals surface area contributed by atoms with Gasteiger partial charge < -0.3 is 0 Å². The second kappa shape index (κ2) is 8.77. The SMILES string of the molecule is CCCCCCCC(=O)Nn1c(=S)c(CC)cc2cccnc21. The molecule has 0 fully saturated rings. The zero-order chi connectivity index (χ0) is 16.7. The van der Waals surface area contributed by atoms with E-state index in [-0.39, 0.29) is 5.91 Å². The summed E-state index contributed by atoms with van der Waals surface area (Å²) in [5, 5.41) is 0.987. The van der Waals surface area contributed by atoms with Gasteiger partial charge in [0.15, 0.2) is 5.65 Å². The Morgan fingerprint density at radius 3 is 2.78 bits per heavy atom. The first-order valence-electron chi connectivity index (χ1n) is 8.46. The molecule has 0 bridgehead atoms. The summed E-state index contributed by atoms with van der Waals surface area (Å²) >= 11 is 5.52. The summed E-state index contributed by atoms with van der Waals surface area (Å²) in [6, 6.07) is 5.94. The molecule has 1 amide bonds. The van der Waals surface area contributed by atoms with Crippen molar-refractivity contribution < 1.29 is 4.79 Å². The van der Waals surface area contributed by atoms with Crippen molar-refractivity contribution in [2.24, 2.45) is 0 Å². The fourth-order valence-corrected chi connectivity index (χ4v) is 2.96. The maximum atomic E-state index is 12.2. The van der Waals surface area contributed by atoms with E-state index in [0.717, 1.165) is 30.2 Å². The number of nitrogens with one attached hydrogen (secondary N) is 1. The highest BCUT2D eigenvalue weighted by Gasteiger charge is 2.09. The quantitative estimate of drug-likeness (QED) is 0.560. The van der Waals surface area contributed by atoms with E-state index in [2.05, 4.69) is 30.3 Å². The van der Waals surface area contributed by atoms with Gasteiger partial charge in [0.05, 0.1) is 0 Å². The first kappa shape index (κ1) is 17.6. The zero-order valence-electron chi connectivity index (χ0n) is 14.0. The number of carbonyl (C=O) groups excluding carboxylic acids is 1. The van der Waals surface area contributed by atoms with Crippen molar-refractivity contribution >= 4 is 29.2 Å². The lowest BCUT2D eigenvalue weighted by Gasteiger charge is -2.14. The van der Waals surface area contributed by atoms with E-state index >= 15 is 0 Å². The van der Waals surface area contributed by atoms with Gasteiger partial charge in [0.25, 0.3) is 0 Å². The molecule has 0 spiro atoms. The molecule has 124 valence electrons. The number of unbranched alkanes of at least 4 members (excludes halogenated alkanes) is 4. The van der Waals surface area contributed by atoms with Gasteiger partial charge in [-0.2, -0.15) is 0 Å². The van der Waals surface area contributed by atoms with E-state index < -0.39 is 0 Å². The summed E-state index contributed by atoms with van der Waals surface area (Å²) < 4.78 is 2.30. The van der Waals surface area contributed by atoms with Crippen LogP contribution in [0.4, 0.5) is 0 Å². The van der Waals surface area contributed by atoms with Gasteiger partial charge in [0.2, 0.25) is 5.91 Å². The van der Waals surface area contributed by atoms with Crippen LogP contribution in [0.3, 0.4) is 0 Å². The number of pyridine rings is 2. The number of rotatable bonds is 8. The summed E-state index contributed by atoms with van der Waals surface area (Å²) in [7, 11) is 0. The lowest BCUT2D eigenvalue weighted by atomic mass is 10.1. The molecular weight excluding hydrogens is 306 g/mol. The third-order valence-corrected chi connectivity index (χ3v) is 4.41. The molecule has 2 heterocycles. The van der Waals surface area contributed by atoms with Crippen molar-refractivity contribution in [3.63, 3.8) is 0 Å². The second-order valence-electron chi connectivity index (χ2n) is 5.78. The summed E-state index contributed by atoms with van der Waals surface area (Å²) in [6.07, 6.45) is 8.73. The van der Waals surface area contributed by atoms with Gasteiger partial charge in [-0.05, 0) is 36.6 Å². The molecule has 0 saturated carbocycles. The highest BCUT2D eigenvalue weighted by Crippen LogP contribution is 2.16. The normalized spacial score (nSPS) is 10.9. The topological polar surface area (TPSA) is 46.9 Å². The molecule has 0 atom stereocenters. The minimum absolute atomic E-state index is 0.00203. The molecule has 0 aliphatic rings. The van der Waals surface area contributed by atoms with Crippen LogP contribution < -0.4 is 5.43 Å².